The Morgan fingerprint density at radius 2 is 1.85 bits per heavy atom. The maximum absolute atomic E-state index is 12.6. The molecule has 2 aromatic carbocycles. The third-order valence-electron chi connectivity index (χ3n) is 4.78. The van der Waals surface area contributed by atoms with Crippen molar-refractivity contribution in [3.05, 3.63) is 60.9 Å². The number of hydrogen-bond acceptors (Lipinski definition) is 8. The van der Waals surface area contributed by atoms with Crippen LogP contribution >= 0.6 is 11.8 Å². The van der Waals surface area contributed by atoms with E-state index in [2.05, 4.69) is 15.5 Å². The summed E-state index contributed by atoms with van der Waals surface area (Å²) in [5, 5.41) is 12.0. The van der Waals surface area contributed by atoms with Crippen LogP contribution in [0.2, 0.25) is 0 Å². The van der Waals surface area contributed by atoms with E-state index >= 15 is 0 Å². The van der Waals surface area contributed by atoms with E-state index in [1.807, 2.05) is 41.8 Å². The third kappa shape index (κ3) is 5.18. The number of methoxy groups -OCH3 is 2. The number of benzene rings is 2. The monoisotopic (exact) mass is 480 g/mol. The topological polar surface area (TPSA) is 101 Å². The number of anilines is 1. The number of nitrogens with zero attached hydrogens (tertiary/aromatic N) is 3. The number of amides is 1. The Labute approximate surface area is 201 Å². The van der Waals surface area contributed by atoms with E-state index in [4.69, 9.17) is 18.6 Å². The molecule has 34 heavy (non-hydrogen) atoms. The summed E-state index contributed by atoms with van der Waals surface area (Å²) in [6.07, 6.45) is 1.58. The van der Waals surface area contributed by atoms with Gasteiger partial charge in [0.05, 0.1) is 38.5 Å². The first kappa shape index (κ1) is 23.2. The highest BCUT2D eigenvalue weighted by atomic mass is 32.2. The van der Waals surface area contributed by atoms with Gasteiger partial charge in [-0.25, -0.2) is 0 Å². The molecule has 0 spiro atoms. The minimum Gasteiger partial charge on any atom is -0.494 e. The number of carbonyl (C=O) groups excluding carboxylic acids is 1. The molecule has 0 aliphatic carbocycles. The Hall–Kier alpha value is -3.92. The molecule has 0 radical (unpaired) electrons. The number of carbonyl (C=O) groups is 1. The lowest BCUT2D eigenvalue weighted by Crippen LogP contribution is -2.14. The Balaban J connectivity index is 1.53. The van der Waals surface area contributed by atoms with Crippen molar-refractivity contribution in [2.75, 3.05) is 31.9 Å². The second-order valence-corrected chi connectivity index (χ2v) is 7.89. The van der Waals surface area contributed by atoms with Gasteiger partial charge in [0.1, 0.15) is 5.75 Å². The molecule has 0 aliphatic heterocycles. The van der Waals surface area contributed by atoms with E-state index in [0.717, 1.165) is 11.4 Å². The van der Waals surface area contributed by atoms with E-state index in [9.17, 15) is 4.79 Å². The van der Waals surface area contributed by atoms with Crippen LogP contribution in [0.4, 0.5) is 5.69 Å². The molecule has 0 unspecified atom stereocenters. The summed E-state index contributed by atoms with van der Waals surface area (Å²) in [5.74, 6) is 2.93. The van der Waals surface area contributed by atoms with Crippen molar-refractivity contribution in [3.8, 4) is 34.5 Å². The van der Waals surface area contributed by atoms with Gasteiger partial charge in [-0.15, -0.1) is 10.2 Å². The van der Waals surface area contributed by atoms with Crippen LogP contribution in [-0.2, 0) is 4.79 Å². The predicted molar refractivity (Wildman–Crippen MR) is 129 cm³/mol. The van der Waals surface area contributed by atoms with Crippen LogP contribution in [0.3, 0.4) is 0 Å². The van der Waals surface area contributed by atoms with E-state index in [1.54, 1.807) is 44.7 Å². The van der Waals surface area contributed by atoms with Gasteiger partial charge < -0.3 is 23.9 Å². The molecule has 4 rings (SSSR count). The average Bonchev–Trinajstić information content (AvgIpc) is 3.53. The highest BCUT2D eigenvalue weighted by molar-refractivity contribution is 7.99. The number of rotatable bonds is 10. The Kier molecular flexibility index (Phi) is 7.38. The molecule has 1 amide bonds. The summed E-state index contributed by atoms with van der Waals surface area (Å²) < 4.78 is 23.5. The zero-order valence-corrected chi connectivity index (χ0v) is 19.8. The van der Waals surface area contributed by atoms with Gasteiger partial charge in [-0.2, -0.15) is 0 Å². The summed E-state index contributed by atoms with van der Waals surface area (Å²) in [7, 11) is 3.11. The van der Waals surface area contributed by atoms with Crippen molar-refractivity contribution in [1.29, 1.82) is 0 Å². The minimum atomic E-state index is -0.196. The smallest absolute Gasteiger partial charge is 0.234 e. The molecule has 9 nitrogen and oxygen atoms in total. The minimum absolute atomic E-state index is 0.127. The molecule has 176 valence electrons. The summed E-state index contributed by atoms with van der Waals surface area (Å²) in [6, 6.07) is 16.4. The highest BCUT2D eigenvalue weighted by Crippen LogP contribution is 2.31. The largest absolute Gasteiger partial charge is 0.494 e. The Bertz CT molecular complexity index is 1240. The molecule has 4 aromatic rings. The van der Waals surface area contributed by atoms with E-state index in [0.29, 0.717) is 40.5 Å². The summed E-state index contributed by atoms with van der Waals surface area (Å²) >= 11 is 1.27. The molecule has 2 aromatic heterocycles. The number of ether oxygens (including phenoxy) is 3. The Morgan fingerprint density at radius 3 is 2.53 bits per heavy atom. The van der Waals surface area contributed by atoms with Gasteiger partial charge in [-0.05, 0) is 55.5 Å². The fourth-order valence-corrected chi connectivity index (χ4v) is 4.01. The van der Waals surface area contributed by atoms with Gasteiger partial charge in [0.25, 0.3) is 0 Å². The van der Waals surface area contributed by atoms with Gasteiger partial charge in [-0.1, -0.05) is 11.8 Å². The number of aromatic nitrogens is 3. The first-order valence-corrected chi connectivity index (χ1v) is 11.5. The first-order valence-electron chi connectivity index (χ1n) is 10.5. The molecule has 0 fully saturated rings. The van der Waals surface area contributed by atoms with Crippen molar-refractivity contribution < 1.29 is 23.4 Å². The molecular weight excluding hydrogens is 456 g/mol. The maximum atomic E-state index is 12.6. The van der Waals surface area contributed by atoms with Crippen LogP contribution in [0.15, 0.2) is 70.4 Å². The third-order valence-corrected chi connectivity index (χ3v) is 5.71. The SMILES string of the molecule is CCOc1ccc(-n2c(SCC(=O)Nc3ccc(OC)c(OC)c3)nnc2-c2ccco2)cc1. The molecule has 0 bridgehead atoms. The molecule has 2 heterocycles. The summed E-state index contributed by atoms with van der Waals surface area (Å²) in [6.45, 7) is 2.52. The van der Waals surface area contributed by atoms with Crippen molar-refractivity contribution in [2.24, 2.45) is 0 Å². The Morgan fingerprint density at radius 1 is 1.06 bits per heavy atom. The van der Waals surface area contributed by atoms with Crippen LogP contribution in [-0.4, -0.2) is 47.3 Å². The number of nitrogens with one attached hydrogen (secondary N) is 1. The van der Waals surface area contributed by atoms with Crippen LogP contribution in [0.5, 0.6) is 17.2 Å². The second kappa shape index (κ2) is 10.8. The van der Waals surface area contributed by atoms with Crippen molar-refractivity contribution in [2.45, 2.75) is 12.1 Å². The van der Waals surface area contributed by atoms with Gasteiger partial charge >= 0.3 is 0 Å². The second-order valence-electron chi connectivity index (χ2n) is 6.95. The molecule has 0 saturated carbocycles. The van der Waals surface area contributed by atoms with Crippen LogP contribution in [0.1, 0.15) is 6.92 Å². The summed E-state index contributed by atoms with van der Waals surface area (Å²) in [5.41, 5.74) is 1.43. The number of thioether (sulfide) groups is 1. The fourth-order valence-electron chi connectivity index (χ4n) is 3.26. The molecular formula is C24H24N4O5S. The first-order chi connectivity index (χ1) is 16.6. The lowest BCUT2D eigenvalue weighted by atomic mass is 10.2. The maximum Gasteiger partial charge on any atom is 0.234 e. The quantitative estimate of drug-likeness (QED) is 0.327. The van der Waals surface area contributed by atoms with Gasteiger partial charge in [0.2, 0.25) is 11.7 Å². The summed E-state index contributed by atoms with van der Waals surface area (Å²) in [4.78, 5) is 12.6. The average molecular weight is 481 g/mol. The normalized spacial score (nSPS) is 10.7. The highest BCUT2D eigenvalue weighted by Gasteiger charge is 2.19. The van der Waals surface area contributed by atoms with Crippen LogP contribution in [0.25, 0.3) is 17.3 Å². The molecule has 0 saturated heterocycles. The van der Waals surface area contributed by atoms with Crippen molar-refractivity contribution >= 4 is 23.4 Å². The van der Waals surface area contributed by atoms with E-state index in [1.165, 1.54) is 11.8 Å². The molecule has 0 aliphatic rings. The standard InChI is InChI=1S/C24H24N4O5S/c1-4-32-18-10-8-17(9-11-18)28-23(20-6-5-13-33-20)26-27-24(28)34-15-22(29)25-16-7-12-19(30-2)21(14-16)31-3/h5-14H,4,15H2,1-3H3,(H,25,29). The zero-order valence-electron chi connectivity index (χ0n) is 19.0. The van der Waals surface area contributed by atoms with Crippen LogP contribution in [0, 0.1) is 0 Å². The van der Waals surface area contributed by atoms with Crippen molar-refractivity contribution in [3.63, 3.8) is 0 Å². The van der Waals surface area contributed by atoms with E-state index in [-0.39, 0.29) is 11.7 Å². The van der Waals surface area contributed by atoms with Gasteiger partial charge in [0.15, 0.2) is 22.4 Å². The molecule has 0 atom stereocenters. The van der Waals surface area contributed by atoms with Crippen LogP contribution < -0.4 is 19.5 Å². The lowest BCUT2D eigenvalue weighted by Gasteiger charge is -2.11. The lowest BCUT2D eigenvalue weighted by molar-refractivity contribution is -0.113. The zero-order chi connectivity index (χ0) is 23.9. The van der Waals surface area contributed by atoms with Gasteiger partial charge in [0, 0.05) is 11.8 Å². The molecule has 10 heteroatoms. The number of furan rings is 1. The van der Waals surface area contributed by atoms with E-state index < -0.39 is 0 Å². The number of hydrogen-bond donors (Lipinski definition) is 1. The molecule has 1 N–H and O–H groups in total. The predicted octanol–water partition coefficient (Wildman–Crippen LogP) is 4.67. The van der Waals surface area contributed by atoms with Gasteiger partial charge in [-0.3, -0.25) is 9.36 Å². The fraction of sp³-hybridized carbons (Fsp3) is 0.208. The van der Waals surface area contributed by atoms with Crippen molar-refractivity contribution in [1.82, 2.24) is 14.8 Å².